The van der Waals surface area contributed by atoms with E-state index < -0.39 is 0 Å². The summed E-state index contributed by atoms with van der Waals surface area (Å²) in [5.41, 5.74) is 5.04. The lowest BCUT2D eigenvalue weighted by molar-refractivity contribution is 0.0876. The van der Waals surface area contributed by atoms with Crippen molar-refractivity contribution in [2.75, 3.05) is 38.1 Å². The SMILES string of the molecule is CN(C(=O)OCc1ccccc1)C1CCCc2c1cccc2N1CCNCC1. The number of nitrogens with zero attached hydrogens (tertiary/aromatic N) is 2. The average Bonchev–Trinajstić information content (AvgIpc) is 2.77. The second-order valence-corrected chi connectivity index (χ2v) is 7.64. The van der Waals surface area contributed by atoms with Crippen molar-refractivity contribution in [2.24, 2.45) is 0 Å². The molecule has 0 radical (unpaired) electrons. The maximum Gasteiger partial charge on any atom is 0.410 e. The highest BCUT2D eigenvalue weighted by Gasteiger charge is 2.30. The Morgan fingerprint density at radius 1 is 1.14 bits per heavy atom. The number of piperazine rings is 1. The van der Waals surface area contributed by atoms with E-state index in [9.17, 15) is 4.79 Å². The van der Waals surface area contributed by atoms with Gasteiger partial charge in [-0.3, -0.25) is 0 Å². The molecule has 1 heterocycles. The molecule has 1 unspecified atom stereocenters. The van der Waals surface area contributed by atoms with E-state index in [0.29, 0.717) is 6.61 Å². The molecule has 148 valence electrons. The third-order valence-corrected chi connectivity index (χ3v) is 5.87. The highest BCUT2D eigenvalue weighted by molar-refractivity contribution is 5.69. The molecule has 2 aromatic carbocycles. The van der Waals surface area contributed by atoms with Gasteiger partial charge in [0.1, 0.15) is 6.61 Å². The number of amides is 1. The topological polar surface area (TPSA) is 44.8 Å². The minimum atomic E-state index is -0.255. The first-order valence-electron chi connectivity index (χ1n) is 10.2. The number of anilines is 1. The Labute approximate surface area is 167 Å². The zero-order valence-electron chi connectivity index (χ0n) is 16.6. The van der Waals surface area contributed by atoms with E-state index in [1.54, 1.807) is 4.90 Å². The van der Waals surface area contributed by atoms with E-state index in [0.717, 1.165) is 51.0 Å². The summed E-state index contributed by atoms with van der Waals surface area (Å²) in [6, 6.07) is 16.5. The van der Waals surface area contributed by atoms with E-state index in [4.69, 9.17) is 4.74 Å². The number of carbonyl (C=O) groups is 1. The average molecular weight is 380 g/mol. The van der Waals surface area contributed by atoms with Gasteiger partial charge >= 0.3 is 6.09 Å². The Hall–Kier alpha value is -2.53. The molecule has 4 rings (SSSR count). The summed E-state index contributed by atoms with van der Waals surface area (Å²) in [5, 5.41) is 3.42. The number of ether oxygens (including phenoxy) is 1. The fourth-order valence-electron chi connectivity index (χ4n) is 4.36. The summed E-state index contributed by atoms with van der Waals surface area (Å²) in [5.74, 6) is 0. The van der Waals surface area contributed by atoms with Crippen molar-refractivity contribution in [1.82, 2.24) is 10.2 Å². The quantitative estimate of drug-likeness (QED) is 0.879. The summed E-state index contributed by atoms with van der Waals surface area (Å²) in [7, 11) is 1.87. The van der Waals surface area contributed by atoms with Gasteiger partial charge in [-0.05, 0) is 42.0 Å². The molecule has 2 aliphatic rings. The normalized spacial score (nSPS) is 19.0. The first kappa shape index (κ1) is 18.8. The first-order chi connectivity index (χ1) is 13.7. The van der Waals surface area contributed by atoms with Crippen LogP contribution in [0.3, 0.4) is 0 Å². The molecule has 0 saturated carbocycles. The maximum absolute atomic E-state index is 12.7. The van der Waals surface area contributed by atoms with Crippen molar-refractivity contribution in [2.45, 2.75) is 31.9 Å². The molecule has 0 spiro atoms. The number of hydrogen-bond acceptors (Lipinski definition) is 4. The molecular formula is C23H29N3O2. The minimum Gasteiger partial charge on any atom is -0.445 e. The van der Waals surface area contributed by atoms with Crippen LogP contribution in [0.15, 0.2) is 48.5 Å². The van der Waals surface area contributed by atoms with Gasteiger partial charge in [-0.1, -0.05) is 42.5 Å². The van der Waals surface area contributed by atoms with Gasteiger partial charge in [-0.2, -0.15) is 0 Å². The Bertz CT molecular complexity index is 803. The molecule has 5 nitrogen and oxygen atoms in total. The number of benzene rings is 2. The van der Waals surface area contributed by atoms with Gasteiger partial charge in [0.15, 0.2) is 0 Å². The molecule has 1 N–H and O–H groups in total. The van der Waals surface area contributed by atoms with Gasteiger partial charge in [0.25, 0.3) is 0 Å². The third kappa shape index (κ3) is 3.99. The van der Waals surface area contributed by atoms with Gasteiger partial charge in [-0.15, -0.1) is 0 Å². The van der Waals surface area contributed by atoms with Gasteiger partial charge in [0.05, 0.1) is 6.04 Å². The Kier molecular flexibility index (Phi) is 5.81. The molecule has 0 aromatic heterocycles. The van der Waals surface area contributed by atoms with Crippen molar-refractivity contribution < 1.29 is 9.53 Å². The third-order valence-electron chi connectivity index (χ3n) is 5.87. The predicted octanol–water partition coefficient (Wildman–Crippen LogP) is 3.74. The number of nitrogens with one attached hydrogen (secondary N) is 1. The predicted molar refractivity (Wildman–Crippen MR) is 112 cm³/mol. The van der Waals surface area contributed by atoms with Gasteiger partial charge in [-0.25, -0.2) is 4.79 Å². The van der Waals surface area contributed by atoms with Gasteiger partial charge in [0.2, 0.25) is 0 Å². The van der Waals surface area contributed by atoms with Crippen LogP contribution in [-0.4, -0.2) is 44.2 Å². The van der Waals surface area contributed by atoms with Crippen LogP contribution in [0.25, 0.3) is 0 Å². The molecule has 2 aromatic rings. The van der Waals surface area contributed by atoms with Gasteiger partial charge in [0, 0.05) is 38.9 Å². The molecule has 1 aliphatic carbocycles. The van der Waals surface area contributed by atoms with Crippen molar-refractivity contribution in [1.29, 1.82) is 0 Å². The lowest BCUT2D eigenvalue weighted by Gasteiger charge is -2.37. The van der Waals surface area contributed by atoms with E-state index >= 15 is 0 Å². The van der Waals surface area contributed by atoms with E-state index in [2.05, 4.69) is 28.4 Å². The van der Waals surface area contributed by atoms with E-state index in [-0.39, 0.29) is 12.1 Å². The zero-order valence-corrected chi connectivity index (χ0v) is 16.6. The molecule has 0 bridgehead atoms. The molecule has 1 aliphatic heterocycles. The van der Waals surface area contributed by atoms with Crippen molar-refractivity contribution in [3.8, 4) is 0 Å². The minimum absolute atomic E-state index is 0.0786. The fraction of sp³-hybridized carbons (Fsp3) is 0.435. The lowest BCUT2D eigenvalue weighted by Crippen LogP contribution is -2.44. The van der Waals surface area contributed by atoms with Gasteiger partial charge < -0.3 is 19.9 Å². The summed E-state index contributed by atoms with van der Waals surface area (Å²) in [6.45, 7) is 4.44. The summed E-state index contributed by atoms with van der Waals surface area (Å²) in [4.78, 5) is 17.0. The van der Waals surface area contributed by atoms with Crippen LogP contribution in [0.5, 0.6) is 0 Å². The maximum atomic E-state index is 12.7. The first-order valence-corrected chi connectivity index (χ1v) is 10.2. The second-order valence-electron chi connectivity index (χ2n) is 7.64. The largest absolute Gasteiger partial charge is 0.445 e. The van der Waals surface area contributed by atoms with Crippen molar-refractivity contribution in [3.05, 3.63) is 65.2 Å². The molecule has 1 saturated heterocycles. The smallest absolute Gasteiger partial charge is 0.410 e. The van der Waals surface area contributed by atoms with Crippen molar-refractivity contribution >= 4 is 11.8 Å². The molecule has 1 amide bonds. The lowest BCUT2D eigenvalue weighted by atomic mass is 9.85. The Morgan fingerprint density at radius 3 is 2.71 bits per heavy atom. The van der Waals surface area contributed by atoms with Crippen molar-refractivity contribution in [3.63, 3.8) is 0 Å². The van der Waals surface area contributed by atoms with Crippen LogP contribution in [0.2, 0.25) is 0 Å². The van der Waals surface area contributed by atoms with Crippen LogP contribution in [0.1, 0.15) is 35.6 Å². The number of carbonyl (C=O) groups excluding carboxylic acids is 1. The molecule has 28 heavy (non-hydrogen) atoms. The zero-order chi connectivity index (χ0) is 19.3. The van der Waals surface area contributed by atoms with E-state index in [1.165, 1.54) is 16.8 Å². The monoisotopic (exact) mass is 379 g/mol. The highest BCUT2D eigenvalue weighted by atomic mass is 16.6. The van der Waals surface area contributed by atoms with Crippen LogP contribution in [-0.2, 0) is 17.8 Å². The molecule has 5 heteroatoms. The standard InChI is InChI=1S/C23H29N3O2/c1-25(23(27)28-17-18-7-3-2-4-8-18)21-11-5-10-20-19(21)9-6-12-22(20)26-15-13-24-14-16-26/h2-4,6-9,12,21,24H,5,10-11,13-17H2,1H3. The number of rotatable bonds is 4. The van der Waals surface area contributed by atoms with Crippen LogP contribution in [0, 0.1) is 0 Å². The molecule has 1 atom stereocenters. The highest BCUT2D eigenvalue weighted by Crippen LogP contribution is 2.38. The number of fused-ring (bicyclic) bond motifs is 1. The van der Waals surface area contributed by atoms with E-state index in [1.807, 2.05) is 37.4 Å². The molecular weight excluding hydrogens is 350 g/mol. The summed E-state index contributed by atoms with van der Waals surface area (Å²) < 4.78 is 5.57. The Balaban J connectivity index is 1.49. The number of hydrogen-bond donors (Lipinski definition) is 1. The summed E-state index contributed by atoms with van der Waals surface area (Å²) >= 11 is 0. The van der Waals surface area contributed by atoms with Crippen LogP contribution < -0.4 is 10.2 Å². The summed E-state index contributed by atoms with van der Waals surface area (Å²) in [6.07, 6.45) is 2.90. The fourth-order valence-corrected chi connectivity index (χ4v) is 4.36. The Morgan fingerprint density at radius 2 is 1.93 bits per heavy atom. The second kappa shape index (κ2) is 8.65. The van der Waals surface area contributed by atoms with Crippen LogP contribution in [0.4, 0.5) is 10.5 Å². The molecule has 1 fully saturated rings. The van der Waals surface area contributed by atoms with Crippen LogP contribution >= 0.6 is 0 Å².